The van der Waals surface area contributed by atoms with Crippen LogP contribution in [-0.2, 0) is 21.5 Å². The Morgan fingerprint density at radius 1 is 0.963 bits per heavy atom. The number of phenolic OH excluding ortho intramolecular Hbond substituents is 1. The number of benzene rings is 3. The molecule has 2 aliphatic rings. The summed E-state index contributed by atoms with van der Waals surface area (Å²) in [5.74, 6) is 0.530. The van der Waals surface area contributed by atoms with Gasteiger partial charge in [-0.2, -0.15) is 0 Å². The van der Waals surface area contributed by atoms with E-state index in [4.69, 9.17) is 9.47 Å². The Morgan fingerprint density at radius 3 is 2.57 bits per heavy atom. The third-order valence-electron chi connectivity index (χ3n) is 11.3. The maximum Gasteiger partial charge on any atom is 0.336 e. The Morgan fingerprint density at radius 2 is 1.76 bits per heavy atom. The molecule has 54 heavy (non-hydrogen) atoms. The summed E-state index contributed by atoms with van der Waals surface area (Å²) in [5, 5.41) is 17.7. The predicted octanol–water partition coefficient (Wildman–Crippen LogP) is 6.80. The number of amides is 1. The van der Waals surface area contributed by atoms with Gasteiger partial charge in [0, 0.05) is 29.6 Å². The van der Waals surface area contributed by atoms with E-state index in [9.17, 15) is 19.5 Å². The van der Waals surface area contributed by atoms with Gasteiger partial charge in [0.25, 0.3) is 5.91 Å². The van der Waals surface area contributed by atoms with Crippen molar-refractivity contribution in [2.75, 3.05) is 39.4 Å². The average Bonchev–Trinajstić information content (AvgIpc) is 3.55. The van der Waals surface area contributed by atoms with Gasteiger partial charge in [-0.05, 0) is 131 Å². The number of H-pyrrole nitrogens is 1. The SMILES string of the molecule is CC(C)N1CCC(COC(=O)C2(NC(=O)c3cccc(OCCCCCCNC[C@H](C)c4ccc(O)c5[nH]c(=O)ccc45)c3)CCc3ccccc32)CC1. The topological polar surface area (TPSA) is 133 Å². The first-order valence-corrected chi connectivity index (χ1v) is 19.8. The molecule has 1 aliphatic heterocycles. The lowest BCUT2D eigenvalue weighted by atomic mass is 9.90. The zero-order chi connectivity index (χ0) is 38.1. The first-order chi connectivity index (χ1) is 26.1. The van der Waals surface area contributed by atoms with Crippen molar-refractivity contribution in [3.8, 4) is 11.5 Å². The third-order valence-corrected chi connectivity index (χ3v) is 11.3. The van der Waals surface area contributed by atoms with Crippen LogP contribution < -0.4 is 20.9 Å². The highest BCUT2D eigenvalue weighted by Crippen LogP contribution is 2.39. The minimum Gasteiger partial charge on any atom is -0.506 e. The molecule has 0 bridgehead atoms. The number of carbonyl (C=O) groups is 2. The van der Waals surface area contributed by atoms with E-state index in [1.165, 1.54) is 6.07 Å². The minimum atomic E-state index is -1.22. The first kappa shape index (κ1) is 39.0. The number of fused-ring (bicyclic) bond motifs is 2. The van der Waals surface area contributed by atoms with E-state index in [1.54, 1.807) is 24.3 Å². The van der Waals surface area contributed by atoms with Gasteiger partial charge >= 0.3 is 5.97 Å². The molecule has 2 atom stereocenters. The van der Waals surface area contributed by atoms with Crippen LogP contribution in [0.15, 0.2) is 77.6 Å². The van der Waals surface area contributed by atoms with Crippen molar-refractivity contribution in [2.45, 2.75) is 89.6 Å². The average molecular weight is 737 g/mol. The van der Waals surface area contributed by atoms with E-state index in [2.05, 4.69) is 41.3 Å². The highest BCUT2D eigenvalue weighted by atomic mass is 16.5. The number of piperidine rings is 1. The van der Waals surface area contributed by atoms with E-state index in [-0.39, 0.29) is 29.1 Å². The normalized spacial score (nSPS) is 18.1. The number of unbranched alkanes of at least 4 members (excludes halogenated alkanes) is 3. The van der Waals surface area contributed by atoms with Gasteiger partial charge < -0.3 is 35.1 Å². The van der Waals surface area contributed by atoms with Crippen molar-refractivity contribution < 1.29 is 24.2 Å². The molecule has 4 N–H and O–H groups in total. The highest BCUT2D eigenvalue weighted by Gasteiger charge is 2.48. The van der Waals surface area contributed by atoms with Gasteiger partial charge in [0.2, 0.25) is 5.56 Å². The minimum absolute atomic E-state index is 0.0787. The van der Waals surface area contributed by atoms with Gasteiger partial charge in [-0.15, -0.1) is 0 Å². The van der Waals surface area contributed by atoms with Gasteiger partial charge in [-0.25, -0.2) is 4.79 Å². The maximum absolute atomic E-state index is 13.9. The number of likely N-dealkylation sites (tertiary alicyclic amines) is 1. The monoisotopic (exact) mass is 736 g/mol. The molecule has 10 nitrogen and oxygen atoms in total. The molecule has 0 radical (unpaired) electrons. The smallest absolute Gasteiger partial charge is 0.336 e. The quantitative estimate of drug-likeness (QED) is 0.0688. The van der Waals surface area contributed by atoms with Crippen LogP contribution in [0.25, 0.3) is 10.9 Å². The zero-order valence-corrected chi connectivity index (χ0v) is 32.0. The molecule has 1 unspecified atom stereocenters. The van der Waals surface area contributed by atoms with Crippen LogP contribution in [0.4, 0.5) is 0 Å². The predicted molar refractivity (Wildman–Crippen MR) is 212 cm³/mol. The second kappa shape index (κ2) is 18.1. The highest BCUT2D eigenvalue weighted by molar-refractivity contribution is 5.99. The maximum atomic E-state index is 13.9. The number of rotatable bonds is 17. The summed E-state index contributed by atoms with van der Waals surface area (Å²) in [6.45, 7) is 11.2. The van der Waals surface area contributed by atoms with E-state index in [1.807, 2.05) is 42.5 Å². The Labute approximate surface area is 318 Å². The Hall–Kier alpha value is -4.67. The molecular formula is C44H56N4O6. The van der Waals surface area contributed by atoms with Crippen molar-refractivity contribution in [3.63, 3.8) is 0 Å². The van der Waals surface area contributed by atoms with Crippen LogP contribution in [0, 0.1) is 5.92 Å². The number of ether oxygens (including phenoxy) is 2. The molecule has 0 spiro atoms. The molecule has 1 aliphatic carbocycles. The number of aromatic amines is 1. The van der Waals surface area contributed by atoms with Crippen LogP contribution in [0.2, 0.25) is 0 Å². The van der Waals surface area contributed by atoms with E-state index in [0.717, 1.165) is 86.8 Å². The van der Waals surface area contributed by atoms with Crippen molar-refractivity contribution in [1.29, 1.82) is 0 Å². The fourth-order valence-corrected chi connectivity index (χ4v) is 7.96. The number of aryl methyl sites for hydroxylation is 1. The summed E-state index contributed by atoms with van der Waals surface area (Å²) < 4.78 is 12.1. The molecule has 1 saturated heterocycles. The van der Waals surface area contributed by atoms with Crippen LogP contribution in [0.3, 0.4) is 0 Å². The molecule has 2 heterocycles. The number of phenols is 1. The van der Waals surface area contributed by atoms with Crippen molar-refractivity contribution in [3.05, 3.63) is 105 Å². The van der Waals surface area contributed by atoms with Crippen LogP contribution in [-0.4, -0.2) is 72.3 Å². The summed E-state index contributed by atoms with van der Waals surface area (Å²) in [6, 6.07) is 22.4. The summed E-state index contributed by atoms with van der Waals surface area (Å²) in [6.07, 6.45) is 7.17. The molecule has 1 aromatic heterocycles. The fourth-order valence-electron chi connectivity index (χ4n) is 7.96. The second-order valence-corrected chi connectivity index (χ2v) is 15.4. The lowest BCUT2D eigenvalue weighted by Gasteiger charge is -2.35. The Kier molecular flexibility index (Phi) is 13.1. The number of hydrogen-bond donors (Lipinski definition) is 4. The third kappa shape index (κ3) is 9.33. The summed E-state index contributed by atoms with van der Waals surface area (Å²) in [5.41, 5.74) is 2.43. The molecule has 288 valence electrons. The number of carbonyl (C=O) groups excluding carboxylic acids is 2. The van der Waals surface area contributed by atoms with Crippen LogP contribution in [0.1, 0.15) is 98.7 Å². The van der Waals surface area contributed by atoms with Crippen molar-refractivity contribution >= 4 is 22.8 Å². The van der Waals surface area contributed by atoms with Crippen LogP contribution in [0.5, 0.6) is 11.5 Å². The van der Waals surface area contributed by atoms with Gasteiger partial charge in [0.15, 0.2) is 5.54 Å². The van der Waals surface area contributed by atoms with Crippen molar-refractivity contribution in [2.24, 2.45) is 5.92 Å². The largest absolute Gasteiger partial charge is 0.506 e. The Bertz CT molecular complexity index is 1950. The van der Waals surface area contributed by atoms with Gasteiger partial charge in [-0.3, -0.25) is 9.59 Å². The van der Waals surface area contributed by atoms with Crippen LogP contribution >= 0.6 is 0 Å². The summed E-state index contributed by atoms with van der Waals surface area (Å²) in [7, 11) is 0. The number of aromatic hydroxyl groups is 1. The number of nitrogens with zero attached hydrogens (tertiary/aromatic N) is 1. The molecule has 4 aromatic rings. The van der Waals surface area contributed by atoms with E-state index < -0.39 is 5.54 Å². The summed E-state index contributed by atoms with van der Waals surface area (Å²) in [4.78, 5) is 44.6. The molecule has 0 saturated carbocycles. The second-order valence-electron chi connectivity index (χ2n) is 15.4. The number of pyridine rings is 1. The standard InChI is InChI=1S/C44H56N4O6/c1-30(2)48-24-20-32(21-25-48)29-54-43(52)44(22-19-33-11-6-7-14-38(33)44)47-42(51)34-12-10-13-35(27-34)53-26-9-5-4-8-23-45-28-31(3)36-15-17-39(49)41-37(36)16-18-40(50)46-41/h6-7,10-18,27,30-32,45,49H,4-5,8-9,19-26,28-29H2,1-3H3,(H,46,50)(H,47,51)/t31-,44?/m0/s1. The molecule has 3 aromatic carbocycles. The summed E-state index contributed by atoms with van der Waals surface area (Å²) >= 11 is 0. The molecular weight excluding hydrogens is 681 g/mol. The van der Waals surface area contributed by atoms with E-state index in [0.29, 0.717) is 54.8 Å². The molecule has 1 amide bonds. The number of hydrogen-bond acceptors (Lipinski definition) is 8. The van der Waals surface area contributed by atoms with Gasteiger partial charge in [0.1, 0.15) is 11.5 Å². The fraction of sp³-hybridized carbons (Fsp3) is 0.477. The van der Waals surface area contributed by atoms with Gasteiger partial charge in [0.05, 0.1) is 18.7 Å². The Balaban J connectivity index is 0.941. The molecule has 10 heteroatoms. The lowest BCUT2D eigenvalue weighted by Crippen LogP contribution is -2.51. The van der Waals surface area contributed by atoms with Crippen molar-refractivity contribution in [1.82, 2.24) is 20.5 Å². The molecule has 1 fully saturated rings. The van der Waals surface area contributed by atoms with E-state index >= 15 is 0 Å². The number of nitrogens with one attached hydrogen (secondary N) is 3. The number of aromatic nitrogens is 1. The number of esters is 1. The zero-order valence-electron chi connectivity index (χ0n) is 32.0. The molecule has 6 rings (SSSR count). The van der Waals surface area contributed by atoms with Gasteiger partial charge in [-0.1, -0.05) is 56.2 Å². The first-order valence-electron chi connectivity index (χ1n) is 19.8. The lowest BCUT2D eigenvalue weighted by molar-refractivity contribution is -0.153.